The molecular formula is C17H28N2O6S. The van der Waals surface area contributed by atoms with Crippen molar-refractivity contribution in [1.82, 2.24) is 4.90 Å². The molecule has 0 spiro atoms. The van der Waals surface area contributed by atoms with Crippen LogP contribution in [0.3, 0.4) is 0 Å². The summed E-state index contributed by atoms with van der Waals surface area (Å²) in [4.78, 5) is 48.4. The summed E-state index contributed by atoms with van der Waals surface area (Å²) in [5, 5.41) is 9.28. The van der Waals surface area contributed by atoms with Gasteiger partial charge < -0.3 is 20.5 Å². The highest BCUT2D eigenvalue weighted by molar-refractivity contribution is 8.13. The predicted molar refractivity (Wildman–Crippen MR) is 97.4 cm³/mol. The fourth-order valence-electron chi connectivity index (χ4n) is 2.80. The van der Waals surface area contributed by atoms with Gasteiger partial charge in [-0.2, -0.15) is 0 Å². The van der Waals surface area contributed by atoms with Gasteiger partial charge in [-0.3, -0.25) is 14.4 Å². The van der Waals surface area contributed by atoms with Gasteiger partial charge in [0.2, 0.25) is 0 Å². The molecule has 1 aliphatic heterocycles. The third-order valence-electron chi connectivity index (χ3n) is 4.13. The minimum Gasteiger partial charge on any atom is -0.481 e. The molecule has 0 aromatic carbocycles. The highest BCUT2D eigenvalue weighted by atomic mass is 32.2. The molecule has 1 heterocycles. The van der Waals surface area contributed by atoms with E-state index in [1.807, 2.05) is 0 Å². The van der Waals surface area contributed by atoms with Crippen LogP contribution in [0.5, 0.6) is 0 Å². The van der Waals surface area contributed by atoms with Crippen LogP contribution < -0.4 is 5.73 Å². The van der Waals surface area contributed by atoms with E-state index in [0.717, 1.165) is 11.8 Å². The summed E-state index contributed by atoms with van der Waals surface area (Å²) in [5.74, 6) is -2.76. The van der Waals surface area contributed by atoms with Crippen LogP contribution in [-0.2, 0) is 23.9 Å². The van der Waals surface area contributed by atoms with E-state index in [-0.39, 0.29) is 16.8 Å². The molecule has 1 fully saturated rings. The fraction of sp³-hybridized carbons (Fsp3) is 0.765. The van der Waals surface area contributed by atoms with Crippen LogP contribution in [0.1, 0.15) is 40.5 Å². The molecule has 0 saturated carbocycles. The molecule has 3 N–H and O–H groups in total. The van der Waals surface area contributed by atoms with E-state index in [1.165, 1.54) is 11.8 Å². The molecule has 0 aliphatic carbocycles. The molecule has 0 aromatic heterocycles. The molecule has 8 nitrogen and oxygen atoms in total. The first-order valence-electron chi connectivity index (χ1n) is 8.55. The first-order chi connectivity index (χ1) is 11.9. The minimum absolute atomic E-state index is 0.118. The van der Waals surface area contributed by atoms with Crippen LogP contribution in [0.4, 0.5) is 0 Å². The number of carbonyl (C=O) groups is 4. The lowest BCUT2D eigenvalue weighted by atomic mass is 9.85. The second-order valence-electron chi connectivity index (χ2n) is 7.42. The van der Waals surface area contributed by atoms with E-state index >= 15 is 0 Å². The third-order valence-corrected chi connectivity index (χ3v) is 5.06. The summed E-state index contributed by atoms with van der Waals surface area (Å²) in [6, 6.07) is -1.38. The first-order valence-corrected chi connectivity index (χ1v) is 9.54. The maximum Gasteiger partial charge on any atom is 0.333 e. The number of esters is 1. The third kappa shape index (κ3) is 6.95. The zero-order valence-electron chi connectivity index (χ0n) is 15.7. The number of amides is 1. The molecule has 0 radical (unpaired) electrons. The molecule has 1 rings (SSSR count). The molecule has 1 aliphatic rings. The van der Waals surface area contributed by atoms with Gasteiger partial charge in [0.15, 0.2) is 11.2 Å². The molecule has 1 amide bonds. The van der Waals surface area contributed by atoms with Gasteiger partial charge >= 0.3 is 11.9 Å². The molecule has 0 aromatic rings. The van der Waals surface area contributed by atoms with Gasteiger partial charge in [-0.15, -0.1) is 0 Å². The molecule has 148 valence electrons. The van der Waals surface area contributed by atoms with Crippen molar-refractivity contribution < 1.29 is 29.0 Å². The first kappa shape index (κ1) is 22.4. The smallest absolute Gasteiger partial charge is 0.333 e. The van der Waals surface area contributed by atoms with Crippen molar-refractivity contribution in [3.05, 3.63) is 0 Å². The number of ether oxygens (including phenoxy) is 1. The van der Waals surface area contributed by atoms with Gasteiger partial charge in [-0.25, -0.2) is 4.79 Å². The van der Waals surface area contributed by atoms with E-state index in [1.54, 1.807) is 20.8 Å². The lowest BCUT2D eigenvalue weighted by molar-refractivity contribution is -0.160. The van der Waals surface area contributed by atoms with E-state index in [2.05, 4.69) is 0 Å². The fourth-order valence-corrected chi connectivity index (χ4v) is 3.63. The normalized spacial score (nSPS) is 18.1. The summed E-state index contributed by atoms with van der Waals surface area (Å²) >= 11 is 1.00. The SMILES string of the molecule is CC(=O)SCC(C(=O)O)C1CCN(C(=O)C(N)C(=O)OC(C)(C)C)CC1. The Balaban J connectivity index is 2.61. The van der Waals surface area contributed by atoms with Gasteiger partial charge in [-0.05, 0) is 39.5 Å². The number of nitrogens with zero attached hydrogens (tertiary/aromatic N) is 1. The van der Waals surface area contributed by atoms with Crippen molar-refractivity contribution in [1.29, 1.82) is 0 Å². The monoisotopic (exact) mass is 388 g/mol. The number of likely N-dealkylation sites (tertiary alicyclic amines) is 1. The van der Waals surface area contributed by atoms with E-state index in [0.29, 0.717) is 25.9 Å². The minimum atomic E-state index is -1.38. The van der Waals surface area contributed by atoms with Crippen molar-refractivity contribution in [2.45, 2.75) is 52.2 Å². The molecule has 26 heavy (non-hydrogen) atoms. The van der Waals surface area contributed by atoms with Crippen LogP contribution in [0.15, 0.2) is 0 Å². The molecule has 2 unspecified atom stereocenters. The van der Waals surface area contributed by atoms with Gasteiger partial charge in [0.1, 0.15) is 5.60 Å². The summed E-state index contributed by atoms with van der Waals surface area (Å²) in [5.41, 5.74) is 4.99. The number of hydrogen-bond acceptors (Lipinski definition) is 7. The number of hydrogen-bond donors (Lipinski definition) is 2. The van der Waals surface area contributed by atoms with Gasteiger partial charge in [0, 0.05) is 25.8 Å². The Bertz CT molecular complexity index is 552. The number of rotatable bonds is 6. The molecule has 2 atom stereocenters. The largest absolute Gasteiger partial charge is 0.481 e. The van der Waals surface area contributed by atoms with Crippen molar-refractivity contribution in [2.24, 2.45) is 17.6 Å². The van der Waals surface area contributed by atoms with Crippen molar-refractivity contribution in [3.8, 4) is 0 Å². The summed E-state index contributed by atoms with van der Waals surface area (Å²) in [6.07, 6.45) is 0.977. The number of aliphatic carboxylic acids is 1. The van der Waals surface area contributed by atoms with Gasteiger partial charge in [0.25, 0.3) is 5.91 Å². The number of carboxylic acid groups (broad SMARTS) is 1. The lowest BCUT2D eigenvalue weighted by Gasteiger charge is -2.35. The van der Waals surface area contributed by atoms with E-state index in [4.69, 9.17) is 10.5 Å². The Hall–Kier alpha value is -1.61. The number of thioether (sulfide) groups is 1. The Morgan fingerprint density at radius 3 is 2.19 bits per heavy atom. The standard InChI is InChI=1S/C17H28N2O6S/c1-10(20)26-9-12(15(22)23)11-5-7-19(8-6-11)14(21)13(18)16(24)25-17(2,3)4/h11-13H,5-9,18H2,1-4H3,(H,22,23). The van der Waals surface area contributed by atoms with E-state index < -0.39 is 35.4 Å². The molecule has 0 bridgehead atoms. The Kier molecular flexibility index (Phi) is 8.08. The second-order valence-corrected chi connectivity index (χ2v) is 8.62. The zero-order valence-corrected chi connectivity index (χ0v) is 16.5. The van der Waals surface area contributed by atoms with Crippen LogP contribution in [0.25, 0.3) is 0 Å². The quantitative estimate of drug-likeness (QED) is 0.507. The Labute approximate surface area is 157 Å². The highest BCUT2D eigenvalue weighted by Crippen LogP contribution is 2.28. The van der Waals surface area contributed by atoms with Crippen LogP contribution in [0.2, 0.25) is 0 Å². The average Bonchev–Trinajstić information content (AvgIpc) is 2.52. The average molecular weight is 388 g/mol. The second kappa shape index (κ2) is 9.36. The number of nitrogens with two attached hydrogens (primary N) is 1. The summed E-state index contributed by atoms with van der Waals surface area (Å²) in [6.45, 7) is 7.14. The molecular weight excluding hydrogens is 360 g/mol. The zero-order chi connectivity index (χ0) is 20.1. The summed E-state index contributed by atoms with van der Waals surface area (Å²) in [7, 11) is 0. The van der Waals surface area contributed by atoms with Crippen molar-refractivity contribution in [2.75, 3.05) is 18.8 Å². The number of carboxylic acids is 1. The van der Waals surface area contributed by atoms with E-state index in [9.17, 15) is 24.3 Å². The van der Waals surface area contributed by atoms with Crippen LogP contribution >= 0.6 is 11.8 Å². The van der Waals surface area contributed by atoms with Gasteiger partial charge in [-0.1, -0.05) is 11.8 Å². The van der Waals surface area contributed by atoms with Crippen LogP contribution in [-0.4, -0.2) is 63.5 Å². The maximum atomic E-state index is 12.4. The number of piperidine rings is 1. The van der Waals surface area contributed by atoms with Crippen LogP contribution in [0, 0.1) is 11.8 Å². The van der Waals surface area contributed by atoms with Crippen molar-refractivity contribution in [3.63, 3.8) is 0 Å². The molecule has 1 saturated heterocycles. The Morgan fingerprint density at radius 1 is 1.23 bits per heavy atom. The number of carbonyl (C=O) groups excluding carboxylic acids is 3. The maximum absolute atomic E-state index is 12.4. The topological polar surface area (TPSA) is 127 Å². The summed E-state index contributed by atoms with van der Waals surface area (Å²) < 4.78 is 5.13. The predicted octanol–water partition coefficient (Wildman–Crippen LogP) is 0.875. The molecule has 9 heteroatoms. The highest BCUT2D eigenvalue weighted by Gasteiger charge is 2.36. The lowest BCUT2D eigenvalue weighted by Crippen LogP contribution is -2.52. The Morgan fingerprint density at radius 2 is 1.77 bits per heavy atom. The van der Waals surface area contributed by atoms with Gasteiger partial charge in [0.05, 0.1) is 5.92 Å². The van der Waals surface area contributed by atoms with Crippen molar-refractivity contribution >= 4 is 34.7 Å².